The second kappa shape index (κ2) is 3.98. The summed E-state index contributed by atoms with van der Waals surface area (Å²) < 4.78 is 2.04. The first-order valence-corrected chi connectivity index (χ1v) is 6.06. The van der Waals surface area contributed by atoms with E-state index in [0.29, 0.717) is 0 Å². The Morgan fingerprint density at radius 2 is 2.28 bits per heavy atom. The van der Waals surface area contributed by atoms with Gasteiger partial charge >= 0.3 is 5.97 Å². The molecule has 4 nitrogen and oxygen atoms in total. The Bertz CT molecular complexity index is 629. The number of aryl methyl sites for hydroxylation is 1. The maximum absolute atomic E-state index is 11.2. The molecule has 0 aliphatic carbocycles. The van der Waals surface area contributed by atoms with Crippen molar-refractivity contribution in [1.82, 2.24) is 9.55 Å². The van der Waals surface area contributed by atoms with Crippen LogP contribution >= 0.6 is 0 Å². The van der Waals surface area contributed by atoms with Gasteiger partial charge in [-0.15, -0.1) is 0 Å². The van der Waals surface area contributed by atoms with E-state index in [9.17, 15) is 9.90 Å². The third-order valence-electron chi connectivity index (χ3n) is 3.35. The summed E-state index contributed by atoms with van der Waals surface area (Å²) in [5.41, 5.74) is 3.22. The zero-order chi connectivity index (χ0) is 12.7. The molecule has 0 fully saturated rings. The van der Waals surface area contributed by atoms with Crippen LogP contribution in [0.2, 0.25) is 0 Å². The Balaban J connectivity index is 2.19. The fourth-order valence-corrected chi connectivity index (χ4v) is 2.56. The lowest BCUT2D eigenvalue weighted by atomic mass is 10.1. The van der Waals surface area contributed by atoms with Crippen LogP contribution in [0.25, 0.3) is 11.4 Å². The van der Waals surface area contributed by atoms with Gasteiger partial charge in [-0.1, -0.05) is 23.8 Å². The highest BCUT2D eigenvalue weighted by molar-refractivity contribution is 5.88. The number of hydrogen-bond acceptors (Lipinski definition) is 2. The second-order valence-corrected chi connectivity index (χ2v) is 4.66. The fraction of sp³-hybridized carbons (Fsp3) is 0.286. The first kappa shape index (κ1) is 11.0. The van der Waals surface area contributed by atoms with Crippen LogP contribution in [0.3, 0.4) is 0 Å². The Labute approximate surface area is 105 Å². The summed E-state index contributed by atoms with van der Waals surface area (Å²) in [7, 11) is 0. The van der Waals surface area contributed by atoms with Gasteiger partial charge in [-0.25, -0.2) is 9.78 Å². The van der Waals surface area contributed by atoms with Crippen molar-refractivity contribution in [2.45, 2.75) is 26.3 Å². The Morgan fingerprint density at radius 1 is 1.44 bits per heavy atom. The van der Waals surface area contributed by atoms with Crippen LogP contribution in [0, 0.1) is 6.92 Å². The molecule has 0 saturated heterocycles. The summed E-state index contributed by atoms with van der Waals surface area (Å²) in [5.74, 6) is -0.150. The molecule has 0 atom stereocenters. The number of fused-ring (bicyclic) bond motifs is 1. The number of carboxylic acid groups (broad SMARTS) is 1. The standard InChI is InChI=1S/C14H14N2O2/c1-9-4-2-5-10(8-9)13-15-12(14(17)18)11-6-3-7-16(11)13/h2,4-5,8H,3,6-7H2,1H3,(H,17,18). The maximum Gasteiger partial charge on any atom is 0.356 e. The van der Waals surface area contributed by atoms with Crippen LogP contribution in [0.15, 0.2) is 24.3 Å². The van der Waals surface area contributed by atoms with Crippen LogP contribution in [0.4, 0.5) is 0 Å². The van der Waals surface area contributed by atoms with Crippen LogP contribution in [-0.2, 0) is 13.0 Å². The number of imidazole rings is 1. The van der Waals surface area contributed by atoms with Crippen molar-refractivity contribution in [2.24, 2.45) is 0 Å². The van der Waals surface area contributed by atoms with E-state index in [1.165, 1.54) is 0 Å². The van der Waals surface area contributed by atoms with Crippen molar-refractivity contribution >= 4 is 5.97 Å². The van der Waals surface area contributed by atoms with Gasteiger partial charge in [-0.3, -0.25) is 0 Å². The summed E-state index contributed by atoms with van der Waals surface area (Å²) >= 11 is 0. The molecule has 0 spiro atoms. The van der Waals surface area contributed by atoms with Crippen molar-refractivity contribution < 1.29 is 9.90 Å². The Kier molecular flexibility index (Phi) is 2.44. The van der Waals surface area contributed by atoms with E-state index in [1.54, 1.807) is 0 Å². The van der Waals surface area contributed by atoms with Gasteiger partial charge in [-0.05, 0) is 25.8 Å². The molecule has 1 N–H and O–H groups in total. The molecule has 1 aromatic carbocycles. The van der Waals surface area contributed by atoms with Crippen molar-refractivity contribution in [1.29, 1.82) is 0 Å². The second-order valence-electron chi connectivity index (χ2n) is 4.66. The lowest BCUT2D eigenvalue weighted by Gasteiger charge is -2.04. The van der Waals surface area contributed by atoms with E-state index in [0.717, 1.165) is 42.0 Å². The number of aromatic carboxylic acids is 1. The average molecular weight is 242 g/mol. The summed E-state index contributed by atoms with van der Waals surface area (Å²) in [6.45, 7) is 2.88. The molecule has 2 aromatic rings. The molecule has 0 amide bonds. The third kappa shape index (κ3) is 1.61. The zero-order valence-corrected chi connectivity index (χ0v) is 10.2. The van der Waals surface area contributed by atoms with E-state index in [-0.39, 0.29) is 5.69 Å². The Hall–Kier alpha value is -2.10. The lowest BCUT2D eigenvalue weighted by Crippen LogP contribution is -2.00. The smallest absolute Gasteiger partial charge is 0.356 e. The molecule has 18 heavy (non-hydrogen) atoms. The fourth-order valence-electron chi connectivity index (χ4n) is 2.56. The molecule has 3 rings (SSSR count). The van der Waals surface area contributed by atoms with Crippen molar-refractivity contribution in [2.75, 3.05) is 0 Å². The molecule has 0 saturated carbocycles. The number of aromatic nitrogens is 2. The van der Waals surface area contributed by atoms with E-state index in [1.807, 2.05) is 35.8 Å². The van der Waals surface area contributed by atoms with E-state index in [2.05, 4.69) is 4.98 Å². The average Bonchev–Trinajstić information content (AvgIpc) is 2.88. The third-order valence-corrected chi connectivity index (χ3v) is 3.35. The van der Waals surface area contributed by atoms with E-state index in [4.69, 9.17) is 0 Å². The highest BCUT2D eigenvalue weighted by Crippen LogP contribution is 2.28. The highest BCUT2D eigenvalue weighted by Gasteiger charge is 2.25. The monoisotopic (exact) mass is 242 g/mol. The van der Waals surface area contributed by atoms with Crippen molar-refractivity contribution in [3.63, 3.8) is 0 Å². The van der Waals surface area contributed by atoms with Crippen LogP contribution in [0.5, 0.6) is 0 Å². The van der Waals surface area contributed by atoms with E-state index >= 15 is 0 Å². The van der Waals surface area contributed by atoms with Gasteiger partial charge in [0.15, 0.2) is 5.69 Å². The predicted molar refractivity (Wildman–Crippen MR) is 67.7 cm³/mol. The maximum atomic E-state index is 11.2. The molecule has 0 unspecified atom stereocenters. The number of rotatable bonds is 2. The number of hydrogen-bond donors (Lipinski definition) is 1. The van der Waals surface area contributed by atoms with Crippen LogP contribution in [0.1, 0.15) is 28.2 Å². The minimum absolute atomic E-state index is 0.212. The van der Waals surface area contributed by atoms with Crippen LogP contribution in [-0.4, -0.2) is 20.6 Å². The van der Waals surface area contributed by atoms with Gasteiger partial charge in [0, 0.05) is 12.1 Å². The first-order valence-electron chi connectivity index (χ1n) is 6.06. The van der Waals surface area contributed by atoms with Crippen LogP contribution < -0.4 is 0 Å². The number of benzene rings is 1. The number of carbonyl (C=O) groups is 1. The molecular formula is C14H14N2O2. The summed E-state index contributed by atoms with van der Waals surface area (Å²) in [5, 5.41) is 9.19. The minimum atomic E-state index is -0.931. The minimum Gasteiger partial charge on any atom is -0.476 e. The van der Waals surface area contributed by atoms with Gasteiger partial charge < -0.3 is 9.67 Å². The topological polar surface area (TPSA) is 55.1 Å². The molecule has 1 aromatic heterocycles. The molecule has 4 heteroatoms. The van der Waals surface area contributed by atoms with Gasteiger partial charge in [0.2, 0.25) is 0 Å². The van der Waals surface area contributed by atoms with Gasteiger partial charge in [0.25, 0.3) is 0 Å². The molecule has 0 radical (unpaired) electrons. The van der Waals surface area contributed by atoms with Gasteiger partial charge in [-0.2, -0.15) is 0 Å². The van der Waals surface area contributed by atoms with E-state index < -0.39 is 5.97 Å². The molecular weight excluding hydrogens is 228 g/mol. The summed E-state index contributed by atoms with van der Waals surface area (Å²) in [6, 6.07) is 8.02. The Morgan fingerprint density at radius 3 is 3.00 bits per heavy atom. The normalized spacial score (nSPS) is 13.6. The number of carboxylic acids is 1. The quantitative estimate of drug-likeness (QED) is 0.880. The molecule has 0 bridgehead atoms. The summed E-state index contributed by atoms with van der Waals surface area (Å²) in [6.07, 6.45) is 1.80. The van der Waals surface area contributed by atoms with Gasteiger partial charge in [0.05, 0.1) is 5.69 Å². The number of nitrogens with zero attached hydrogens (tertiary/aromatic N) is 2. The zero-order valence-electron chi connectivity index (χ0n) is 10.2. The molecule has 92 valence electrons. The summed E-state index contributed by atoms with van der Waals surface area (Å²) in [4.78, 5) is 15.5. The van der Waals surface area contributed by atoms with Gasteiger partial charge in [0.1, 0.15) is 5.82 Å². The lowest BCUT2D eigenvalue weighted by molar-refractivity contribution is 0.0690. The van der Waals surface area contributed by atoms with Crippen molar-refractivity contribution in [3.05, 3.63) is 41.2 Å². The predicted octanol–water partition coefficient (Wildman–Crippen LogP) is 2.50. The SMILES string of the molecule is Cc1cccc(-c2nc(C(=O)O)c3n2CCC3)c1. The molecule has 2 heterocycles. The van der Waals surface area contributed by atoms with Crippen molar-refractivity contribution in [3.8, 4) is 11.4 Å². The largest absolute Gasteiger partial charge is 0.476 e. The first-order chi connectivity index (χ1) is 8.66. The molecule has 1 aliphatic rings. The molecule has 1 aliphatic heterocycles. The highest BCUT2D eigenvalue weighted by atomic mass is 16.4.